The van der Waals surface area contributed by atoms with Gasteiger partial charge < -0.3 is 0 Å². The van der Waals surface area contributed by atoms with Crippen molar-refractivity contribution in [2.75, 3.05) is 0 Å². The molecule has 0 N–H and O–H groups in total. The Kier molecular flexibility index (Phi) is 17.2. The van der Waals surface area contributed by atoms with E-state index in [9.17, 15) is 0 Å². The quantitative estimate of drug-likeness (QED) is 0.262. The van der Waals surface area contributed by atoms with E-state index < -0.39 is 0 Å². The Morgan fingerprint density at radius 1 is 0.421 bits per heavy atom. The third-order valence-corrected chi connectivity index (χ3v) is 3.48. The summed E-state index contributed by atoms with van der Waals surface area (Å²) >= 11 is 0. The van der Waals surface area contributed by atoms with Gasteiger partial charge in [0, 0.05) is 12.8 Å². The summed E-state index contributed by atoms with van der Waals surface area (Å²) in [5.74, 6) is 6.63. The van der Waals surface area contributed by atoms with Crippen molar-refractivity contribution in [3.05, 3.63) is 13.8 Å². The molecule has 0 spiro atoms. The smallest absolute Gasteiger partial charge is 0.00886 e. The Morgan fingerprint density at radius 2 is 0.737 bits per heavy atom. The lowest BCUT2D eigenvalue weighted by atomic mass is 10.1. The molecule has 0 aromatic heterocycles. The minimum absolute atomic E-state index is 1.08. The molecule has 0 aromatic rings. The van der Waals surface area contributed by atoms with Gasteiger partial charge in [-0.2, -0.15) is 0 Å². The van der Waals surface area contributed by atoms with Gasteiger partial charge in [0.25, 0.3) is 0 Å². The molecule has 0 bridgehead atoms. The molecule has 0 aliphatic rings. The largest absolute Gasteiger partial charge is 0.103 e. The van der Waals surface area contributed by atoms with Crippen molar-refractivity contribution < 1.29 is 0 Å². The predicted molar refractivity (Wildman–Crippen MR) is 87.7 cm³/mol. The van der Waals surface area contributed by atoms with Crippen LogP contribution in [-0.4, -0.2) is 0 Å². The van der Waals surface area contributed by atoms with Crippen LogP contribution in [0.25, 0.3) is 0 Å². The molecular formula is C19H34. The average Bonchev–Trinajstić information content (AvgIpc) is 2.43. The Hall–Kier alpha value is -0.440. The zero-order chi connectivity index (χ0) is 14.0. The van der Waals surface area contributed by atoms with Crippen molar-refractivity contribution in [2.24, 2.45) is 0 Å². The first-order chi connectivity index (χ1) is 9.41. The molecule has 110 valence electrons. The van der Waals surface area contributed by atoms with E-state index in [2.05, 4.69) is 25.7 Å². The SMILES string of the molecule is [CH2]CCCCCCC#CCCCCCCCCC[CH2]. The Balaban J connectivity index is 3.05. The molecule has 2 radical (unpaired) electrons. The summed E-state index contributed by atoms with van der Waals surface area (Å²) in [6, 6.07) is 0. The predicted octanol–water partition coefficient (Wildman–Crippen LogP) is 6.51. The normalized spacial score (nSPS) is 10.2. The van der Waals surface area contributed by atoms with Crippen LogP contribution in [-0.2, 0) is 0 Å². The first-order valence-electron chi connectivity index (χ1n) is 8.46. The van der Waals surface area contributed by atoms with Crippen LogP contribution in [0.3, 0.4) is 0 Å². The minimum Gasteiger partial charge on any atom is -0.103 e. The van der Waals surface area contributed by atoms with Gasteiger partial charge in [0.15, 0.2) is 0 Å². The van der Waals surface area contributed by atoms with E-state index in [1.807, 2.05) is 0 Å². The molecule has 0 heterocycles. The van der Waals surface area contributed by atoms with Gasteiger partial charge in [0.1, 0.15) is 0 Å². The molecule has 0 atom stereocenters. The fourth-order valence-electron chi connectivity index (χ4n) is 2.19. The van der Waals surface area contributed by atoms with Crippen LogP contribution in [0.15, 0.2) is 0 Å². The monoisotopic (exact) mass is 262 g/mol. The maximum Gasteiger partial charge on any atom is 0.00886 e. The van der Waals surface area contributed by atoms with Gasteiger partial charge in [0.2, 0.25) is 0 Å². The van der Waals surface area contributed by atoms with E-state index in [-0.39, 0.29) is 0 Å². The van der Waals surface area contributed by atoms with Crippen LogP contribution in [0.5, 0.6) is 0 Å². The number of hydrogen-bond acceptors (Lipinski definition) is 0. The highest BCUT2D eigenvalue weighted by atomic mass is 14.0. The standard InChI is InChI=1S/C19H34/c1-3-5-7-9-11-13-15-17-19-18-16-14-12-10-8-6-4-2/h1-15,17,19H2. The number of rotatable bonds is 13. The zero-order valence-corrected chi connectivity index (χ0v) is 13.0. The van der Waals surface area contributed by atoms with Crippen LogP contribution in [0.4, 0.5) is 0 Å². The molecule has 0 fully saturated rings. The second-order valence-corrected chi connectivity index (χ2v) is 5.45. The summed E-state index contributed by atoms with van der Waals surface area (Å²) < 4.78 is 0. The lowest BCUT2D eigenvalue weighted by Gasteiger charge is -1.99. The highest BCUT2D eigenvalue weighted by Gasteiger charge is 1.90. The molecule has 0 heteroatoms. The van der Waals surface area contributed by atoms with Crippen molar-refractivity contribution in [1.29, 1.82) is 0 Å². The highest BCUT2D eigenvalue weighted by Crippen LogP contribution is 2.09. The van der Waals surface area contributed by atoms with Gasteiger partial charge in [-0.05, 0) is 12.8 Å². The molecule has 0 saturated heterocycles. The lowest BCUT2D eigenvalue weighted by Crippen LogP contribution is -1.80. The van der Waals surface area contributed by atoms with Crippen LogP contribution < -0.4 is 0 Å². The topological polar surface area (TPSA) is 0 Å². The number of hydrogen-bond donors (Lipinski definition) is 0. The van der Waals surface area contributed by atoms with Crippen molar-refractivity contribution >= 4 is 0 Å². The van der Waals surface area contributed by atoms with E-state index in [1.165, 1.54) is 70.6 Å². The summed E-state index contributed by atoms with van der Waals surface area (Å²) in [6.45, 7) is 7.73. The van der Waals surface area contributed by atoms with Crippen LogP contribution in [0, 0.1) is 25.7 Å². The van der Waals surface area contributed by atoms with Crippen LogP contribution in [0.1, 0.15) is 96.3 Å². The van der Waals surface area contributed by atoms with Gasteiger partial charge in [0.05, 0.1) is 0 Å². The maximum absolute atomic E-state index is 3.87. The van der Waals surface area contributed by atoms with Crippen LogP contribution in [0.2, 0.25) is 0 Å². The minimum atomic E-state index is 1.08. The van der Waals surface area contributed by atoms with Gasteiger partial charge >= 0.3 is 0 Å². The summed E-state index contributed by atoms with van der Waals surface area (Å²) in [7, 11) is 0. The Bertz CT molecular complexity index is 206. The van der Waals surface area contributed by atoms with Gasteiger partial charge in [-0.3, -0.25) is 0 Å². The van der Waals surface area contributed by atoms with E-state index in [1.54, 1.807) is 0 Å². The molecule has 0 aliphatic heterocycles. The average molecular weight is 262 g/mol. The second kappa shape index (κ2) is 17.6. The summed E-state index contributed by atoms with van der Waals surface area (Å²) in [5.41, 5.74) is 0. The van der Waals surface area contributed by atoms with Gasteiger partial charge in [-0.15, -0.1) is 11.8 Å². The molecule has 0 unspecified atom stereocenters. The molecule has 19 heavy (non-hydrogen) atoms. The summed E-state index contributed by atoms with van der Waals surface area (Å²) in [4.78, 5) is 0. The van der Waals surface area contributed by atoms with Crippen molar-refractivity contribution in [1.82, 2.24) is 0 Å². The molecule has 0 saturated carbocycles. The van der Waals surface area contributed by atoms with Gasteiger partial charge in [-0.1, -0.05) is 84.5 Å². The van der Waals surface area contributed by atoms with E-state index in [0.29, 0.717) is 0 Å². The first-order valence-corrected chi connectivity index (χ1v) is 8.46. The number of unbranched alkanes of at least 4 members (excludes halogenated alkanes) is 13. The van der Waals surface area contributed by atoms with Crippen molar-refractivity contribution in [2.45, 2.75) is 96.3 Å². The van der Waals surface area contributed by atoms with E-state index in [0.717, 1.165) is 25.7 Å². The highest BCUT2D eigenvalue weighted by molar-refractivity contribution is 4.98. The molecule has 0 amide bonds. The molecule has 0 aliphatic carbocycles. The Labute approximate surface area is 122 Å². The Morgan fingerprint density at radius 3 is 1.11 bits per heavy atom. The fourth-order valence-corrected chi connectivity index (χ4v) is 2.19. The molecular weight excluding hydrogens is 228 g/mol. The zero-order valence-electron chi connectivity index (χ0n) is 13.0. The van der Waals surface area contributed by atoms with Crippen molar-refractivity contribution in [3.8, 4) is 11.8 Å². The first kappa shape index (κ1) is 18.6. The van der Waals surface area contributed by atoms with E-state index in [4.69, 9.17) is 0 Å². The third-order valence-electron chi connectivity index (χ3n) is 3.48. The molecule has 0 rings (SSSR count). The van der Waals surface area contributed by atoms with Gasteiger partial charge in [-0.25, -0.2) is 0 Å². The summed E-state index contributed by atoms with van der Waals surface area (Å²) in [6.07, 6.45) is 19.1. The third kappa shape index (κ3) is 17.6. The fraction of sp³-hybridized carbons (Fsp3) is 0.789. The van der Waals surface area contributed by atoms with E-state index >= 15 is 0 Å². The maximum atomic E-state index is 3.87. The summed E-state index contributed by atoms with van der Waals surface area (Å²) in [5, 5.41) is 0. The van der Waals surface area contributed by atoms with Crippen LogP contribution >= 0.6 is 0 Å². The van der Waals surface area contributed by atoms with Crippen molar-refractivity contribution in [3.63, 3.8) is 0 Å². The molecule has 0 nitrogen and oxygen atoms in total. The lowest BCUT2D eigenvalue weighted by molar-refractivity contribution is 0.585. The molecule has 0 aromatic carbocycles. The second-order valence-electron chi connectivity index (χ2n) is 5.45.